The number of halogens is 1. The van der Waals surface area contributed by atoms with Crippen LogP contribution in [0.2, 0.25) is 0 Å². The molecular formula is C18H28ClN5O3. The minimum absolute atomic E-state index is 0. The molecule has 4 N–H and O–H groups in total. The van der Waals surface area contributed by atoms with Gasteiger partial charge in [-0.3, -0.25) is 4.84 Å². The molecule has 1 aliphatic carbocycles. The Hall–Kier alpha value is -2.19. The summed E-state index contributed by atoms with van der Waals surface area (Å²) in [4.78, 5) is 14.5. The van der Waals surface area contributed by atoms with Gasteiger partial charge in [0.1, 0.15) is 11.5 Å². The molecular weight excluding hydrogens is 370 g/mol. The summed E-state index contributed by atoms with van der Waals surface area (Å²) in [5.74, 6) is 2.10. The van der Waals surface area contributed by atoms with Crippen molar-refractivity contribution in [1.82, 2.24) is 5.06 Å². The number of rotatable bonds is 7. The second-order valence-corrected chi connectivity index (χ2v) is 6.49. The number of nitrogens with zero attached hydrogens (tertiary/aromatic N) is 3. The van der Waals surface area contributed by atoms with Gasteiger partial charge in [0.05, 0.1) is 20.3 Å². The van der Waals surface area contributed by atoms with Crippen LogP contribution in [0.4, 0.5) is 0 Å². The summed E-state index contributed by atoms with van der Waals surface area (Å²) in [5.41, 5.74) is 11.4. The smallest absolute Gasteiger partial charge is 0.226 e. The molecule has 1 heterocycles. The molecule has 27 heavy (non-hydrogen) atoms. The zero-order valence-corrected chi connectivity index (χ0v) is 16.4. The van der Waals surface area contributed by atoms with Crippen molar-refractivity contribution in [2.45, 2.75) is 44.2 Å². The largest absolute Gasteiger partial charge is 0.497 e. The topological polar surface area (TPSA) is 108 Å². The van der Waals surface area contributed by atoms with E-state index >= 15 is 0 Å². The van der Waals surface area contributed by atoms with Crippen molar-refractivity contribution in [2.24, 2.45) is 21.5 Å². The molecule has 0 radical (unpaired) electrons. The molecule has 1 aromatic rings. The van der Waals surface area contributed by atoms with Gasteiger partial charge in [-0.15, -0.1) is 12.4 Å². The average Bonchev–Trinajstić information content (AvgIpc) is 2.64. The lowest BCUT2D eigenvalue weighted by molar-refractivity contribution is -0.178. The molecule has 1 spiro atoms. The van der Waals surface area contributed by atoms with Crippen molar-refractivity contribution in [3.05, 3.63) is 24.3 Å². The number of hydrogen-bond donors (Lipinski definition) is 2. The zero-order valence-electron chi connectivity index (χ0n) is 15.6. The Morgan fingerprint density at radius 3 is 2.37 bits per heavy atom. The quantitative estimate of drug-likeness (QED) is 0.684. The Morgan fingerprint density at radius 1 is 1.04 bits per heavy atom. The third kappa shape index (κ3) is 5.17. The number of benzene rings is 1. The number of aliphatic imine (C=N–C) groups is 2. The zero-order chi connectivity index (χ0) is 18.4. The van der Waals surface area contributed by atoms with Crippen LogP contribution in [0.1, 0.15) is 38.5 Å². The molecule has 1 aliphatic heterocycles. The van der Waals surface area contributed by atoms with Gasteiger partial charge in [-0.05, 0) is 49.9 Å². The van der Waals surface area contributed by atoms with Crippen LogP contribution in [0.5, 0.6) is 11.5 Å². The summed E-state index contributed by atoms with van der Waals surface area (Å²) >= 11 is 0. The first-order valence-corrected chi connectivity index (χ1v) is 9.02. The van der Waals surface area contributed by atoms with E-state index in [1.54, 1.807) is 12.2 Å². The highest BCUT2D eigenvalue weighted by molar-refractivity contribution is 5.95. The van der Waals surface area contributed by atoms with E-state index in [1.165, 1.54) is 6.42 Å². The van der Waals surface area contributed by atoms with E-state index < -0.39 is 5.66 Å². The number of methoxy groups -OCH3 is 1. The highest BCUT2D eigenvalue weighted by atomic mass is 35.5. The maximum atomic E-state index is 6.06. The van der Waals surface area contributed by atoms with Crippen molar-refractivity contribution < 1.29 is 14.3 Å². The van der Waals surface area contributed by atoms with Gasteiger partial charge in [-0.25, -0.2) is 4.99 Å². The number of ether oxygens (including phenoxy) is 2. The fourth-order valence-electron chi connectivity index (χ4n) is 3.36. The Morgan fingerprint density at radius 2 is 1.70 bits per heavy atom. The molecule has 1 fully saturated rings. The van der Waals surface area contributed by atoms with Crippen LogP contribution in [0.15, 0.2) is 34.3 Å². The van der Waals surface area contributed by atoms with Crippen LogP contribution in [-0.4, -0.2) is 43.0 Å². The van der Waals surface area contributed by atoms with Crippen LogP contribution in [-0.2, 0) is 4.84 Å². The van der Waals surface area contributed by atoms with Gasteiger partial charge in [0.15, 0.2) is 5.66 Å². The van der Waals surface area contributed by atoms with E-state index in [-0.39, 0.29) is 24.3 Å². The fourth-order valence-corrected chi connectivity index (χ4v) is 3.36. The Kier molecular flexibility index (Phi) is 7.55. The first-order chi connectivity index (χ1) is 12.6. The molecule has 9 heteroatoms. The van der Waals surface area contributed by atoms with Gasteiger partial charge in [0.2, 0.25) is 11.9 Å². The highest BCUT2D eigenvalue weighted by Gasteiger charge is 2.42. The highest BCUT2D eigenvalue weighted by Crippen LogP contribution is 2.36. The van der Waals surface area contributed by atoms with Crippen LogP contribution in [0.3, 0.4) is 0 Å². The van der Waals surface area contributed by atoms with E-state index in [0.29, 0.717) is 19.6 Å². The SMILES string of the molecule is COc1ccc(OCCCON2C(N)=NC(N)=NC23CCCCC3)cc1.Cl. The monoisotopic (exact) mass is 397 g/mol. The summed E-state index contributed by atoms with van der Waals surface area (Å²) < 4.78 is 10.8. The van der Waals surface area contributed by atoms with Crippen LogP contribution in [0, 0.1) is 0 Å². The number of hydrogen-bond acceptors (Lipinski definition) is 8. The standard InChI is InChI=1S/C18H27N5O3.ClH/c1-24-14-6-8-15(9-7-14)25-12-5-13-26-23-17(20)21-16(19)22-18(23)10-3-2-4-11-18;/h6-9H,2-5,10-13H2,1H3,(H4,19,20,21,22);1H. The van der Waals surface area contributed by atoms with E-state index in [0.717, 1.165) is 37.2 Å². The second kappa shape index (κ2) is 9.66. The van der Waals surface area contributed by atoms with Gasteiger partial charge < -0.3 is 20.9 Å². The summed E-state index contributed by atoms with van der Waals surface area (Å²) in [7, 11) is 1.64. The van der Waals surface area contributed by atoms with Gasteiger partial charge in [0.25, 0.3) is 0 Å². The predicted molar refractivity (Wildman–Crippen MR) is 107 cm³/mol. The van der Waals surface area contributed by atoms with Gasteiger partial charge in [-0.1, -0.05) is 6.42 Å². The summed E-state index contributed by atoms with van der Waals surface area (Å²) in [5, 5.41) is 1.65. The van der Waals surface area contributed by atoms with Crippen LogP contribution >= 0.6 is 12.4 Å². The van der Waals surface area contributed by atoms with E-state index in [2.05, 4.69) is 9.98 Å². The summed E-state index contributed by atoms with van der Waals surface area (Å²) in [6.07, 6.45) is 5.79. The van der Waals surface area contributed by atoms with Gasteiger partial charge in [0, 0.05) is 6.42 Å². The lowest BCUT2D eigenvalue weighted by Gasteiger charge is -2.44. The number of hydroxylamine groups is 2. The Bertz CT molecular complexity index is 659. The third-order valence-corrected chi connectivity index (χ3v) is 4.63. The minimum Gasteiger partial charge on any atom is -0.497 e. The average molecular weight is 398 g/mol. The normalized spacial score (nSPS) is 18.3. The van der Waals surface area contributed by atoms with E-state index in [9.17, 15) is 0 Å². The molecule has 1 aromatic carbocycles. The van der Waals surface area contributed by atoms with Crippen molar-refractivity contribution in [3.8, 4) is 11.5 Å². The van der Waals surface area contributed by atoms with Crippen molar-refractivity contribution in [3.63, 3.8) is 0 Å². The van der Waals surface area contributed by atoms with E-state index in [4.69, 9.17) is 25.8 Å². The lowest BCUT2D eigenvalue weighted by atomic mass is 9.89. The maximum absolute atomic E-state index is 6.06. The van der Waals surface area contributed by atoms with Crippen molar-refractivity contribution in [1.29, 1.82) is 0 Å². The second-order valence-electron chi connectivity index (χ2n) is 6.49. The maximum Gasteiger partial charge on any atom is 0.226 e. The lowest BCUT2D eigenvalue weighted by Crippen LogP contribution is -2.57. The molecule has 0 atom stereocenters. The van der Waals surface area contributed by atoms with E-state index in [1.807, 2.05) is 24.3 Å². The number of nitrogens with two attached hydrogens (primary N) is 2. The van der Waals surface area contributed by atoms with Crippen LogP contribution in [0.25, 0.3) is 0 Å². The molecule has 0 amide bonds. The molecule has 8 nitrogen and oxygen atoms in total. The molecule has 1 saturated carbocycles. The predicted octanol–water partition coefficient (Wildman–Crippen LogP) is 2.42. The first-order valence-electron chi connectivity index (χ1n) is 9.02. The molecule has 0 aromatic heterocycles. The summed E-state index contributed by atoms with van der Waals surface area (Å²) in [6.45, 7) is 0.999. The van der Waals surface area contributed by atoms with Gasteiger partial charge in [-0.2, -0.15) is 10.1 Å². The Balaban J connectivity index is 0.00000261. The van der Waals surface area contributed by atoms with Crippen molar-refractivity contribution in [2.75, 3.05) is 20.3 Å². The third-order valence-electron chi connectivity index (χ3n) is 4.63. The van der Waals surface area contributed by atoms with Crippen LogP contribution < -0.4 is 20.9 Å². The molecule has 2 aliphatic rings. The fraction of sp³-hybridized carbons (Fsp3) is 0.556. The minimum atomic E-state index is -0.509. The van der Waals surface area contributed by atoms with Crippen molar-refractivity contribution >= 4 is 24.3 Å². The number of guanidine groups is 2. The molecule has 0 unspecified atom stereocenters. The molecule has 3 rings (SSSR count). The summed E-state index contributed by atoms with van der Waals surface area (Å²) in [6, 6.07) is 7.49. The van der Waals surface area contributed by atoms with Gasteiger partial charge >= 0.3 is 0 Å². The Labute approximate surface area is 165 Å². The molecule has 0 bridgehead atoms. The molecule has 0 saturated heterocycles. The first kappa shape index (κ1) is 21.1. The molecule has 150 valence electrons.